The first-order valence-corrected chi connectivity index (χ1v) is 5.51. The van der Waals surface area contributed by atoms with E-state index >= 15 is 0 Å². The molecule has 0 saturated carbocycles. The summed E-state index contributed by atoms with van der Waals surface area (Å²) in [6.45, 7) is 4.17. The van der Waals surface area contributed by atoms with Crippen LogP contribution in [0.4, 0.5) is 5.82 Å². The number of aromatic nitrogens is 1. The van der Waals surface area contributed by atoms with Crippen molar-refractivity contribution >= 4 is 5.82 Å². The minimum Gasteiger partial charge on any atom is -0.383 e. The first kappa shape index (κ1) is 12.9. The van der Waals surface area contributed by atoms with E-state index in [9.17, 15) is 0 Å². The lowest BCUT2D eigenvalue weighted by Crippen LogP contribution is -2.41. The fourth-order valence-electron chi connectivity index (χ4n) is 1.93. The number of nitrogen functional groups attached to an aromatic ring is 1. The van der Waals surface area contributed by atoms with Crippen LogP contribution in [0.1, 0.15) is 31.9 Å². The summed E-state index contributed by atoms with van der Waals surface area (Å²) in [6, 6.07) is 3.91. The van der Waals surface area contributed by atoms with Crippen LogP contribution in [0.5, 0.6) is 0 Å². The SMILES string of the molecule is CCC(C)(OC)C(NC)c1cccnc1N. The van der Waals surface area contributed by atoms with E-state index in [1.54, 1.807) is 13.3 Å². The lowest BCUT2D eigenvalue weighted by molar-refractivity contribution is -0.0279. The molecule has 1 heterocycles. The summed E-state index contributed by atoms with van der Waals surface area (Å²) in [5.41, 5.74) is 6.59. The van der Waals surface area contributed by atoms with Crippen LogP contribution >= 0.6 is 0 Å². The van der Waals surface area contributed by atoms with Gasteiger partial charge in [0.05, 0.1) is 11.6 Å². The molecule has 2 atom stereocenters. The van der Waals surface area contributed by atoms with Crippen LogP contribution < -0.4 is 11.1 Å². The molecule has 2 unspecified atom stereocenters. The van der Waals surface area contributed by atoms with E-state index in [-0.39, 0.29) is 11.6 Å². The largest absolute Gasteiger partial charge is 0.383 e. The first-order chi connectivity index (χ1) is 7.59. The fraction of sp³-hybridized carbons (Fsp3) is 0.583. The molecular formula is C12H21N3O. The van der Waals surface area contributed by atoms with Gasteiger partial charge in [0.1, 0.15) is 5.82 Å². The Labute approximate surface area is 97.2 Å². The lowest BCUT2D eigenvalue weighted by Gasteiger charge is -2.36. The Bertz CT molecular complexity index is 337. The predicted molar refractivity (Wildman–Crippen MR) is 66.2 cm³/mol. The highest BCUT2D eigenvalue weighted by molar-refractivity contribution is 5.42. The summed E-state index contributed by atoms with van der Waals surface area (Å²) in [4.78, 5) is 4.11. The zero-order chi connectivity index (χ0) is 12.2. The van der Waals surface area contributed by atoms with Gasteiger partial charge in [0.25, 0.3) is 0 Å². The smallest absolute Gasteiger partial charge is 0.128 e. The molecular weight excluding hydrogens is 202 g/mol. The minimum absolute atomic E-state index is 0.0381. The van der Waals surface area contributed by atoms with E-state index in [1.807, 2.05) is 19.2 Å². The topological polar surface area (TPSA) is 60.2 Å². The number of hydrogen-bond acceptors (Lipinski definition) is 4. The van der Waals surface area contributed by atoms with Crippen LogP contribution in [0.2, 0.25) is 0 Å². The number of hydrogen-bond donors (Lipinski definition) is 2. The molecule has 4 heteroatoms. The molecule has 1 rings (SSSR count). The van der Waals surface area contributed by atoms with E-state index in [0.717, 1.165) is 12.0 Å². The molecule has 0 aliphatic rings. The van der Waals surface area contributed by atoms with Gasteiger partial charge in [0.15, 0.2) is 0 Å². The van der Waals surface area contributed by atoms with Gasteiger partial charge >= 0.3 is 0 Å². The molecule has 0 fully saturated rings. The number of nitrogens with two attached hydrogens (primary N) is 1. The van der Waals surface area contributed by atoms with Gasteiger partial charge in [-0.05, 0) is 26.5 Å². The van der Waals surface area contributed by atoms with Crippen molar-refractivity contribution in [1.82, 2.24) is 10.3 Å². The number of rotatable bonds is 5. The van der Waals surface area contributed by atoms with Crippen molar-refractivity contribution in [2.45, 2.75) is 31.9 Å². The second-order valence-corrected chi connectivity index (χ2v) is 4.07. The number of nitrogens with zero attached hydrogens (tertiary/aromatic N) is 1. The Kier molecular flexibility index (Phi) is 4.26. The molecule has 90 valence electrons. The van der Waals surface area contributed by atoms with E-state index in [4.69, 9.17) is 10.5 Å². The average Bonchev–Trinajstić information content (AvgIpc) is 2.32. The summed E-state index contributed by atoms with van der Waals surface area (Å²) >= 11 is 0. The molecule has 3 N–H and O–H groups in total. The Balaban J connectivity index is 3.12. The van der Waals surface area contributed by atoms with Gasteiger partial charge in [-0.15, -0.1) is 0 Å². The number of nitrogens with one attached hydrogen (secondary N) is 1. The third-order valence-corrected chi connectivity index (χ3v) is 3.25. The summed E-state index contributed by atoms with van der Waals surface area (Å²) in [5, 5.41) is 3.26. The second kappa shape index (κ2) is 5.27. The molecule has 0 spiro atoms. The van der Waals surface area contributed by atoms with Crippen molar-refractivity contribution in [2.24, 2.45) is 0 Å². The summed E-state index contributed by atoms with van der Waals surface area (Å²) < 4.78 is 5.60. The summed E-state index contributed by atoms with van der Waals surface area (Å²) in [7, 11) is 3.63. The molecule has 0 saturated heterocycles. The predicted octanol–water partition coefficient (Wildman–Crippen LogP) is 1.74. The first-order valence-electron chi connectivity index (χ1n) is 5.51. The van der Waals surface area contributed by atoms with Gasteiger partial charge < -0.3 is 15.8 Å². The van der Waals surface area contributed by atoms with Crippen molar-refractivity contribution in [1.29, 1.82) is 0 Å². The van der Waals surface area contributed by atoms with Gasteiger partial charge in [0.2, 0.25) is 0 Å². The molecule has 0 aromatic carbocycles. The van der Waals surface area contributed by atoms with Crippen molar-refractivity contribution in [2.75, 3.05) is 19.9 Å². The molecule has 1 aromatic heterocycles. The molecule has 0 aliphatic carbocycles. The van der Waals surface area contributed by atoms with Crippen LogP contribution in [0.3, 0.4) is 0 Å². The number of methoxy groups -OCH3 is 1. The second-order valence-electron chi connectivity index (χ2n) is 4.07. The quantitative estimate of drug-likeness (QED) is 0.798. The highest BCUT2D eigenvalue weighted by Crippen LogP contribution is 2.33. The van der Waals surface area contributed by atoms with E-state index in [1.165, 1.54) is 0 Å². The molecule has 0 aliphatic heterocycles. The zero-order valence-corrected chi connectivity index (χ0v) is 10.4. The van der Waals surface area contributed by atoms with Crippen molar-refractivity contribution in [3.63, 3.8) is 0 Å². The third-order valence-electron chi connectivity index (χ3n) is 3.25. The number of likely N-dealkylation sites (N-methyl/N-ethyl adjacent to an activating group) is 1. The Morgan fingerprint density at radius 1 is 1.62 bits per heavy atom. The van der Waals surface area contributed by atoms with Gasteiger partial charge in [-0.25, -0.2) is 4.98 Å². The lowest BCUT2D eigenvalue weighted by atomic mass is 9.88. The molecule has 4 nitrogen and oxygen atoms in total. The Morgan fingerprint density at radius 2 is 2.31 bits per heavy atom. The number of pyridine rings is 1. The maximum Gasteiger partial charge on any atom is 0.128 e. The van der Waals surface area contributed by atoms with Crippen LogP contribution in [-0.4, -0.2) is 24.7 Å². The van der Waals surface area contributed by atoms with E-state index in [2.05, 4.69) is 24.1 Å². The van der Waals surface area contributed by atoms with Gasteiger partial charge in [-0.1, -0.05) is 13.0 Å². The van der Waals surface area contributed by atoms with Crippen LogP contribution in [0.25, 0.3) is 0 Å². The van der Waals surface area contributed by atoms with E-state index in [0.29, 0.717) is 5.82 Å². The average molecular weight is 223 g/mol. The van der Waals surface area contributed by atoms with Crippen molar-refractivity contribution in [3.8, 4) is 0 Å². The maximum absolute atomic E-state index is 5.90. The highest BCUT2D eigenvalue weighted by Gasteiger charge is 2.33. The summed E-state index contributed by atoms with van der Waals surface area (Å²) in [6.07, 6.45) is 2.59. The van der Waals surface area contributed by atoms with Crippen LogP contribution in [0, 0.1) is 0 Å². The van der Waals surface area contributed by atoms with Gasteiger partial charge in [-0.2, -0.15) is 0 Å². The third kappa shape index (κ3) is 2.33. The number of ether oxygens (including phenoxy) is 1. The normalized spacial score (nSPS) is 16.8. The molecule has 1 aromatic rings. The molecule has 0 amide bonds. The monoisotopic (exact) mass is 223 g/mol. The van der Waals surface area contributed by atoms with Gasteiger partial charge in [0, 0.05) is 18.9 Å². The van der Waals surface area contributed by atoms with Gasteiger partial charge in [-0.3, -0.25) is 0 Å². The molecule has 0 radical (unpaired) electrons. The highest BCUT2D eigenvalue weighted by atomic mass is 16.5. The Hall–Kier alpha value is -1.13. The minimum atomic E-state index is -0.286. The van der Waals surface area contributed by atoms with Crippen molar-refractivity contribution in [3.05, 3.63) is 23.9 Å². The fourth-order valence-corrected chi connectivity index (χ4v) is 1.93. The van der Waals surface area contributed by atoms with Crippen LogP contribution in [-0.2, 0) is 4.74 Å². The summed E-state index contributed by atoms with van der Waals surface area (Å²) in [5.74, 6) is 0.554. The maximum atomic E-state index is 5.90. The Morgan fingerprint density at radius 3 is 2.75 bits per heavy atom. The zero-order valence-electron chi connectivity index (χ0n) is 10.4. The molecule has 16 heavy (non-hydrogen) atoms. The molecule has 0 bridgehead atoms. The van der Waals surface area contributed by atoms with Crippen LogP contribution in [0.15, 0.2) is 18.3 Å². The number of anilines is 1. The van der Waals surface area contributed by atoms with Crippen molar-refractivity contribution < 1.29 is 4.74 Å². The standard InChI is InChI=1S/C12H21N3O/c1-5-12(2,16-4)10(14-3)9-7-6-8-15-11(9)13/h6-8,10,14H,5H2,1-4H3,(H2,13,15). The van der Waals surface area contributed by atoms with E-state index < -0.39 is 0 Å².